The number of aryl methyl sites for hydroxylation is 1. The number of carbonyl (C=O) groups is 2. The summed E-state index contributed by atoms with van der Waals surface area (Å²) in [5.74, 6) is -1.63. The van der Waals surface area contributed by atoms with Crippen LogP contribution in [-0.4, -0.2) is 30.4 Å². The molecule has 0 radical (unpaired) electrons. The first-order chi connectivity index (χ1) is 16.5. The zero-order chi connectivity index (χ0) is 25.5. The fraction of sp³-hybridized carbons (Fsp3) is 0.200. The van der Waals surface area contributed by atoms with Gasteiger partial charge in [-0.05, 0) is 67.8 Å². The zero-order valence-electron chi connectivity index (χ0n) is 18.9. The third kappa shape index (κ3) is 5.00. The fourth-order valence-corrected chi connectivity index (χ4v) is 6.28. The van der Waals surface area contributed by atoms with Gasteiger partial charge in [0, 0.05) is 44.7 Å². The quantitative estimate of drug-likeness (QED) is 0.351. The summed E-state index contributed by atoms with van der Waals surface area (Å²) in [6.45, 7) is 3.70. The maximum atomic E-state index is 13.2. The summed E-state index contributed by atoms with van der Waals surface area (Å²) < 4.78 is 26.4. The average molecular weight is 533 g/mol. The first-order valence-electron chi connectivity index (χ1n) is 10.7. The van der Waals surface area contributed by atoms with Crippen molar-refractivity contribution in [2.24, 2.45) is 0 Å². The number of carbonyl (C=O) groups excluding carboxylic acids is 1. The number of aromatic amines is 1. The Bertz CT molecular complexity index is 1490. The molecule has 0 aliphatic carbocycles. The topological polar surface area (TPSA) is 116 Å². The van der Waals surface area contributed by atoms with E-state index >= 15 is 0 Å². The minimum Gasteiger partial charge on any atom is -0.481 e. The molecule has 1 amide bonds. The lowest BCUT2D eigenvalue weighted by atomic mass is 10.0. The van der Waals surface area contributed by atoms with Crippen LogP contribution in [0.5, 0.6) is 0 Å². The Morgan fingerprint density at radius 3 is 2.43 bits per heavy atom. The molecule has 7 nitrogen and oxygen atoms in total. The number of carboxylic acid groups (broad SMARTS) is 1. The molecule has 0 unspecified atom stereocenters. The molecule has 0 saturated heterocycles. The van der Waals surface area contributed by atoms with Crippen LogP contribution in [0.15, 0.2) is 41.3 Å². The van der Waals surface area contributed by atoms with Crippen LogP contribution in [0.4, 0.5) is 5.69 Å². The molecule has 4 rings (SSSR count). The van der Waals surface area contributed by atoms with Crippen molar-refractivity contribution < 1.29 is 23.1 Å². The number of amides is 1. The van der Waals surface area contributed by atoms with Crippen LogP contribution in [0.3, 0.4) is 0 Å². The Hall–Kier alpha value is -3.07. The molecule has 0 bridgehead atoms. The summed E-state index contributed by atoms with van der Waals surface area (Å²) in [5, 5.41) is 12.3. The Balaban J connectivity index is 1.72. The number of benzene rings is 2. The van der Waals surface area contributed by atoms with Crippen molar-refractivity contribution in [2.75, 3.05) is 5.32 Å². The molecule has 0 spiro atoms. The smallest absolute Gasteiger partial charge is 0.303 e. The number of H-pyrrole nitrogens is 1. The molecule has 0 fully saturated rings. The van der Waals surface area contributed by atoms with E-state index in [9.17, 15) is 18.0 Å². The Morgan fingerprint density at radius 1 is 1.09 bits per heavy atom. The molecule has 1 aromatic heterocycles. The molecule has 1 aliphatic rings. The summed E-state index contributed by atoms with van der Waals surface area (Å²) in [5.41, 5.74) is 4.79. The van der Waals surface area contributed by atoms with Crippen LogP contribution in [0.1, 0.15) is 40.1 Å². The van der Waals surface area contributed by atoms with Crippen molar-refractivity contribution >= 4 is 62.3 Å². The molecule has 35 heavy (non-hydrogen) atoms. The van der Waals surface area contributed by atoms with E-state index < -0.39 is 15.8 Å². The number of aromatic nitrogens is 1. The van der Waals surface area contributed by atoms with Crippen molar-refractivity contribution in [2.45, 2.75) is 37.3 Å². The van der Waals surface area contributed by atoms with E-state index in [0.717, 1.165) is 16.8 Å². The van der Waals surface area contributed by atoms with Gasteiger partial charge in [0.05, 0.1) is 16.2 Å². The number of carboxylic acids is 1. The summed E-state index contributed by atoms with van der Waals surface area (Å²) in [7, 11) is -3.82. The highest BCUT2D eigenvalue weighted by atomic mass is 35.5. The maximum absolute atomic E-state index is 13.2. The highest BCUT2D eigenvalue weighted by molar-refractivity contribution is 7.90. The molecule has 0 saturated carbocycles. The number of hydrogen-bond acceptors (Lipinski definition) is 4. The van der Waals surface area contributed by atoms with Crippen LogP contribution >= 0.6 is 23.2 Å². The van der Waals surface area contributed by atoms with Gasteiger partial charge in [0.2, 0.25) is 0 Å². The SMILES string of the molecule is Cc1[nH]c(C=C2C(=O)Nc3ccc(S(=O)(=O)Cc4c(Cl)cccc4Cl)cc32)c(C)c1CCC(=O)O. The Morgan fingerprint density at radius 2 is 1.77 bits per heavy atom. The largest absolute Gasteiger partial charge is 0.481 e. The predicted molar refractivity (Wildman–Crippen MR) is 137 cm³/mol. The second kappa shape index (κ2) is 9.53. The number of hydrogen-bond donors (Lipinski definition) is 3. The van der Waals surface area contributed by atoms with Gasteiger partial charge in [-0.3, -0.25) is 9.59 Å². The monoisotopic (exact) mass is 532 g/mol. The second-order valence-corrected chi connectivity index (χ2v) is 11.1. The van der Waals surface area contributed by atoms with Crippen molar-refractivity contribution in [1.82, 2.24) is 4.98 Å². The van der Waals surface area contributed by atoms with Gasteiger partial charge in [-0.25, -0.2) is 8.42 Å². The Kier molecular flexibility index (Phi) is 6.81. The Labute approximate surface area is 212 Å². The van der Waals surface area contributed by atoms with E-state index in [-0.39, 0.29) is 33.0 Å². The number of aliphatic carboxylic acids is 1. The minimum absolute atomic E-state index is 0.00443. The van der Waals surface area contributed by atoms with Gasteiger partial charge in [-0.15, -0.1) is 0 Å². The average Bonchev–Trinajstić information content (AvgIpc) is 3.24. The van der Waals surface area contributed by atoms with E-state index in [1.54, 1.807) is 30.3 Å². The maximum Gasteiger partial charge on any atom is 0.303 e. The molecule has 3 aromatic rings. The molecule has 3 N–H and O–H groups in total. The lowest BCUT2D eigenvalue weighted by Gasteiger charge is -2.10. The number of rotatable bonds is 7. The number of halogens is 2. The van der Waals surface area contributed by atoms with Gasteiger partial charge in [0.25, 0.3) is 5.91 Å². The van der Waals surface area contributed by atoms with Gasteiger partial charge >= 0.3 is 5.97 Å². The number of sulfone groups is 1. The van der Waals surface area contributed by atoms with Crippen LogP contribution in [0.25, 0.3) is 11.6 Å². The molecular weight excluding hydrogens is 511 g/mol. The van der Waals surface area contributed by atoms with E-state index in [4.69, 9.17) is 28.3 Å². The van der Waals surface area contributed by atoms with Crippen LogP contribution < -0.4 is 5.32 Å². The molecule has 2 aromatic carbocycles. The first-order valence-corrected chi connectivity index (χ1v) is 13.1. The number of anilines is 1. The number of fused-ring (bicyclic) bond motifs is 1. The van der Waals surface area contributed by atoms with E-state index in [2.05, 4.69) is 10.3 Å². The summed E-state index contributed by atoms with van der Waals surface area (Å²) in [4.78, 5) is 27.0. The van der Waals surface area contributed by atoms with Gasteiger partial charge in [0.1, 0.15) is 0 Å². The van der Waals surface area contributed by atoms with Gasteiger partial charge in [-0.2, -0.15) is 0 Å². The molecule has 1 aliphatic heterocycles. The third-order valence-electron chi connectivity index (χ3n) is 6.04. The molecule has 0 atom stereocenters. The van der Waals surface area contributed by atoms with Crippen LogP contribution in [0.2, 0.25) is 10.0 Å². The summed E-state index contributed by atoms with van der Waals surface area (Å²) in [6, 6.07) is 9.26. The third-order valence-corrected chi connectivity index (χ3v) is 8.39. The van der Waals surface area contributed by atoms with Crippen molar-refractivity contribution in [3.05, 3.63) is 80.1 Å². The van der Waals surface area contributed by atoms with Crippen LogP contribution in [-0.2, 0) is 31.6 Å². The zero-order valence-corrected chi connectivity index (χ0v) is 21.2. The van der Waals surface area contributed by atoms with Gasteiger partial charge < -0.3 is 15.4 Å². The van der Waals surface area contributed by atoms with E-state index in [0.29, 0.717) is 34.5 Å². The highest BCUT2D eigenvalue weighted by Gasteiger charge is 2.28. The van der Waals surface area contributed by atoms with Crippen LogP contribution in [0, 0.1) is 13.8 Å². The molecule has 182 valence electrons. The number of nitrogens with one attached hydrogen (secondary N) is 2. The first kappa shape index (κ1) is 25.0. The second-order valence-electron chi connectivity index (χ2n) is 8.34. The minimum atomic E-state index is -3.82. The predicted octanol–water partition coefficient (Wildman–Crippen LogP) is 5.42. The lowest BCUT2D eigenvalue weighted by Crippen LogP contribution is -2.06. The van der Waals surface area contributed by atoms with Gasteiger partial charge in [-0.1, -0.05) is 29.3 Å². The van der Waals surface area contributed by atoms with Crippen molar-refractivity contribution in [3.8, 4) is 0 Å². The van der Waals surface area contributed by atoms with Gasteiger partial charge in [0.15, 0.2) is 9.84 Å². The van der Waals surface area contributed by atoms with E-state index in [1.165, 1.54) is 12.1 Å². The normalized spacial score (nSPS) is 14.3. The van der Waals surface area contributed by atoms with E-state index in [1.807, 2.05) is 13.8 Å². The lowest BCUT2D eigenvalue weighted by molar-refractivity contribution is -0.137. The summed E-state index contributed by atoms with van der Waals surface area (Å²) >= 11 is 12.3. The fourth-order valence-electron chi connectivity index (χ4n) is 4.16. The standard InChI is InChI=1S/C25H22Cl2N2O5S/c1-13-16(7-9-24(30)31)14(2)28-23(13)11-18-17-10-15(6-8-22(17)29-25(18)32)35(33,34)12-19-20(26)4-3-5-21(19)27/h3-6,8,10-11,28H,7,9,12H2,1-2H3,(H,29,32)(H,30,31). The molecule has 2 heterocycles. The summed E-state index contributed by atoms with van der Waals surface area (Å²) in [6.07, 6.45) is 2.02. The molecule has 10 heteroatoms. The van der Waals surface area contributed by atoms with Crippen molar-refractivity contribution in [1.29, 1.82) is 0 Å². The van der Waals surface area contributed by atoms with Crippen molar-refractivity contribution in [3.63, 3.8) is 0 Å². The molecular formula is C25H22Cl2N2O5S. The highest BCUT2D eigenvalue weighted by Crippen LogP contribution is 2.37.